The lowest BCUT2D eigenvalue weighted by molar-refractivity contribution is 0.0674. The quantitative estimate of drug-likeness (QED) is 0.583. The molecule has 0 fully saturated rings. The number of aromatic nitrogens is 1. The minimum Gasteiger partial charge on any atom is -0.497 e. The Morgan fingerprint density at radius 2 is 1.81 bits per heavy atom. The molecule has 5 heteroatoms. The number of hydrogen-bond acceptors (Lipinski definition) is 4. The van der Waals surface area contributed by atoms with Gasteiger partial charge in [0.25, 0.3) is 0 Å². The van der Waals surface area contributed by atoms with E-state index in [0.29, 0.717) is 31.0 Å². The van der Waals surface area contributed by atoms with Crippen LogP contribution in [-0.4, -0.2) is 44.1 Å². The average Bonchev–Trinajstić information content (AvgIpc) is 3.04. The summed E-state index contributed by atoms with van der Waals surface area (Å²) in [6, 6.07) is 6.15. The van der Waals surface area contributed by atoms with Crippen LogP contribution in [0.2, 0.25) is 0 Å². The van der Waals surface area contributed by atoms with Gasteiger partial charge >= 0.3 is 0 Å². The number of hydrogen-bond donors (Lipinski definition) is 2. The Balaban J connectivity index is 2.26. The first-order valence-electron chi connectivity index (χ1n) is 9.41. The molecule has 0 aliphatic carbocycles. The molecular formula is C21H33NO4. The van der Waals surface area contributed by atoms with Gasteiger partial charge in [0, 0.05) is 29.8 Å². The molecule has 2 rings (SSSR count). The van der Waals surface area contributed by atoms with Crippen molar-refractivity contribution in [3.63, 3.8) is 0 Å². The second kappa shape index (κ2) is 9.83. The maximum absolute atomic E-state index is 8.88. The van der Waals surface area contributed by atoms with E-state index in [1.54, 1.807) is 14.2 Å². The molecule has 1 heterocycles. The Labute approximate surface area is 156 Å². The molecule has 2 aromatic rings. The topological polar surface area (TPSA) is 63.7 Å². The molecule has 0 radical (unpaired) electrons. The Hall–Kier alpha value is -1.72. The predicted octanol–water partition coefficient (Wildman–Crippen LogP) is 4.35. The van der Waals surface area contributed by atoms with Crippen LogP contribution in [0.15, 0.2) is 18.2 Å². The number of fused-ring (bicyclic) bond motifs is 1. The smallest absolute Gasteiger partial charge is 0.131 e. The summed E-state index contributed by atoms with van der Waals surface area (Å²) in [5.74, 6) is 3.06. The molecule has 0 aliphatic rings. The van der Waals surface area contributed by atoms with Gasteiger partial charge in [-0.25, -0.2) is 0 Å². The second-order valence-electron chi connectivity index (χ2n) is 7.48. The summed E-state index contributed by atoms with van der Waals surface area (Å²) in [6.07, 6.45) is 2.15. The maximum atomic E-state index is 8.88. The summed E-state index contributed by atoms with van der Waals surface area (Å²) in [5, 5.41) is 9.96. The molecule has 0 bridgehead atoms. The summed E-state index contributed by atoms with van der Waals surface area (Å²) >= 11 is 0. The van der Waals surface area contributed by atoms with Crippen LogP contribution in [0, 0.1) is 11.8 Å². The Kier molecular flexibility index (Phi) is 7.79. The summed E-state index contributed by atoms with van der Waals surface area (Å²) in [5.41, 5.74) is 2.27. The van der Waals surface area contributed by atoms with Crippen molar-refractivity contribution in [3.05, 3.63) is 23.9 Å². The van der Waals surface area contributed by atoms with E-state index in [1.165, 1.54) is 5.69 Å². The number of benzene rings is 1. The molecule has 2 atom stereocenters. The number of aliphatic hydroxyl groups is 1. The van der Waals surface area contributed by atoms with Crippen molar-refractivity contribution < 1.29 is 19.3 Å². The number of rotatable bonds is 11. The van der Waals surface area contributed by atoms with Crippen LogP contribution in [0.25, 0.3) is 10.9 Å². The summed E-state index contributed by atoms with van der Waals surface area (Å²) < 4.78 is 16.4. The highest BCUT2D eigenvalue weighted by Crippen LogP contribution is 2.36. The molecule has 1 aromatic carbocycles. The third-order valence-corrected chi connectivity index (χ3v) is 4.67. The van der Waals surface area contributed by atoms with E-state index in [2.05, 4.69) is 31.8 Å². The third-order valence-electron chi connectivity index (χ3n) is 4.67. The maximum Gasteiger partial charge on any atom is 0.131 e. The molecule has 1 aromatic heterocycles. The summed E-state index contributed by atoms with van der Waals surface area (Å²) in [4.78, 5) is 3.58. The number of methoxy groups -OCH3 is 2. The highest BCUT2D eigenvalue weighted by molar-refractivity contribution is 5.88. The molecule has 146 valence electrons. The standard InChI is InChI=1S/C21H33NO4/c1-14(2)8-16(9-15(3)13-26-7-6-23)19-12-18-20(22-19)10-17(24-4)11-21(18)25-5/h10-12,14-16,22-23H,6-9,13H2,1-5H3. The molecule has 0 amide bonds. The lowest BCUT2D eigenvalue weighted by atomic mass is 9.86. The van der Waals surface area contributed by atoms with Crippen LogP contribution in [0.4, 0.5) is 0 Å². The predicted molar refractivity (Wildman–Crippen MR) is 105 cm³/mol. The molecule has 26 heavy (non-hydrogen) atoms. The van der Waals surface area contributed by atoms with E-state index in [0.717, 1.165) is 35.2 Å². The van der Waals surface area contributed by atoms with Crippen LogP contribution in [0.1, 0.15) is 45.2 Å². The van der Waals surface area contributed by atoms with Crippen molar-refractivity contribution in [1.82, 2.24) is 4.98 Å². The fraction of sp³-hybridized carbons (Fsp3) is 0.619. The molecule has 0 aliphatic heterocycles. The van der Waals surface area contributed by atoms with Gasteiger partial charge in [-0.3, -0.25) is 0 Å². The Bertz CT molecular complexity index is 680. The Morgan fingerprint density at radius 1 is 1.04 bits per heavy atom. The van der Waals surface area contributed by atoms with Gasteiger partial charge in [-0.2, -0.15) is 0 Å². The molecule has 2 unspecified atom stereocenters. The van der Waals surface area contributed by atoms with Crippen molar-refractivity contribution in [2.75, 3.05) is 34.0 Å². The number of aromatic amines is 1. The first-order chi connectivity index (χ1) is 12.5. The zero-order valence-electron chi connectivity index (χ0n) is 16.7. The third kappa shape index (κ3) is 5.39. The van der Waals surface area contributed by atoms with Crippen molar-refractivity contribution >= 4 is 10.9 Å². The van der Waals surface area contributed by atoms with E-state index in [1.807, 2.05) is 12.1 Å². The van der Waals surface area contributed by atoms with Crippen LogP contribution in [-0.2, 0) is 4.74 Å². The van der Waals surface area contributed by atoms with Gasteiger partial charge in [0.1, 0.15) is 11.5 Å². The van der Waals surface area contributed by atoms with Crippen molar-refractivity contribution in [1.29, 1.82) is 0 Å². The summed E-state index contributed by atoms with van der Waals surface area (Å²) in [6.45, 7) is 7.87. The highest BCUT2D eigenvalue weighted by atomic mass is 16.5. The fourth-order valence-electron chi connectivity index (χ4n) is 3.53. The molecule has 5 nitrogen and oxygen atoms in total. The normalized spacial score (nSPS) is 14.0. The Morgan fingerprint density at radius 3 is 2.42 bits per heavy atom. The number of nitrogens with one attached hydrogen (secondary N) is 1. The van der Waals surface area contributed by atoms with E-state index in [9.17, 15) is 0 Å². The average molecular weight is 363 g/mol. The zero-order valence-corrected chi connectivity index (χ0v) is 16.7. The highest BCUT2D eigenvalue weighted by Gasteiger charge is 2.20. The van der Waals surface area contributed by atoms with Gasteiger partial charge in [0.15, 0.2) is 0 Å². The van der Waals surface area contributed by atoms with Gasteiger partial charge in [0.2, 0.25) is 0 Å². The van der Waals surface area contributed by atoms with E-state index < -0.39 is 0 Å². The van der Waals surface area contributed by atoms with E-state index in [-0.39, 0.29) is 6.61 Å². The molecule has 2 N–H and O–H groups in total. The van der Waals surface area contributed by atoms with Gasteiger partial charge < -0.3 is 24.3 Å². The van der Waals surface area contributed by atoms with Gasteiger partial charge in [0.05, 0.1) is 33.0 Å². The lowest BCUT2D eigenvalue weighted by Gasteiger charge is -2.22. The zero-order chi connectivity index (χ0) is 19.1. The minimum atomic E-state index is 0.0752. The summed E-state index contributed by atoms with van der Waals surface area (Å²) in [7, 11) is 3.35. The molecule has 0 spiro atoms. The lowest BCUT2D eigenvalue weighted by Crippen LogP contribution is -2.14. The van der Waals surface area contributed by atoms with Crippen LogP contribution >= 0.6 is 0 Å². The van der Waals surface area contributed by atoms with E-state index >= 15 is 0 Å². The number of aliphatic hydroxyl groups excluding tert-OH is 1. The minimum absolute atomic E-state index is 0.0752. The van der Waals surface area contributed by atoms with Gasteiger partial charge in [-0.05, 0) is 36.7 Å². The first-order valence-corrected chi connectivity index (χ1v) is 9.41. The van der Waals surface area contributed by atoms with Crippen molar-refractivity contribution in [3.8, 4) is 11.5 Å². The molecular weight excluding hydrogens is 330 g/mol. The molecule has 0 saturated carbocycles. The van der Waals surface area contributed by atoms with Crippen molar-refractivity contribution in [2.24, 2.45) is 11.8 Å². The second-order valence-corrected chi connectivity index (χ2v) is 7.48. The van der Waals surface area contributed by atoms with Gasteiger partial charge in [-0.1, -0.05) is 20.8 Å². The number of H-pyrrole nitrogens is 1. The van der Waals surface area contributed by atoms with E-state index in [4.69, 9.17) is 19.3 Å². The van der Waals surface area contributed by atoms with Crippen LogP contribution in [0.3, 0.4) is 0 Å². The van der Waals surface area contributed by atoms with Crippen LogP contribution < -0.4 is 9.47 Å². The van der Waals surface area contributed by atoms with Gasteiger partial charge in [-0.15, -0.1) is 0 Å². The number of ether oxygens (including phenoxy) is 3. The molecule has 0 saturated heterocycles. The van der Waals surface area contributed by atoms with Crippen LogP contribution in [0.5, 0.6) is 11.5 Å². The SMILES string of the molecule is COc1cc(OC)c2cc(C(CC(C)C)CC(C)COCCO)[nH]c2c1. The first kappa shape index (κ1) is 20.6. The largest absolute Gasteiger partial charge is 0.497 e. The fourth-order valence-corrected chi connectivity index (χ4v) is 3.53. The van der Waals surface area contributed by atoms with Crippen molar-refractivity contribution in [2.45, 2.75) is 39.5 Å². The monoisotopic (exact) mass is 363 g/mol.